The first-order chi connectivity index (χ1) is 17.7. The van der Waals surface area contributed by atoms with E-state index in [1.165, 1.54) is 72.5 Å². The minimum Gasteiger partial charge on any atom is -0.260 e. The molecule has 0 fully saturated rings. The van der Waals surface area contributed by atoms with Gasteiger partial charge in [0.15, 0.2) is 0 Å². The fraction of sp³-hybridized carbons (Fsp3) is 0.194. The quantitative estimate of drug-likeness (QED) is 0.247. The number of hydrogen-bond acceptors (Lipinski definition) is 1. The van der Waals surface area contributed by atoms with Crippen LogP contribution in [-0.2, 0) is 10.8 Å². The summed E-state index contributed by atoms with van der Waals surface area (Å²) in [5.74, 6) is 0. The molecule has 5 aromatic rings. The Morgan fingerprint density at radius 2 is 1.05 bits per heavy atom. The molecule has 0 saturated carbocycles. The van der Waals surface area contributed by atoms with Crippen molar-refractivity contribution < 1.29 is 0 Å². The summed E-state index contributed by atoms with van der Waals surface area (Å²) in [6.45, 7) is 11.4. The Bertz CT molecular complexity index is 1720. The summed E-state index contributed by atoms with van der Waals surface area (Å²) in [5.41, 5.74) is 16.9. The molecular weight excluding hydrogens is 446 g/mol. The minimum absolute atomic E-state index is 0.0589. The van der Waals surface area contributed by atoms with E-state index in [1.807, 2.05) is 6.20 Å². The summed E-state index contributed by atoms with van der Waals surface area (Å²) in [6.07, 6.45) is 1.91. The van der Waals surface area contributed by atoms with E-state index in [-0.39, 0.29) is 10.8 Å². The monoisotopic (exact) mass is 477 g/mol. The molecule has 0 aliphatic heterocycles. The van der Waals surface area contributed by atoms with E-state index < -0.39 is 0 Å². The molecule has 0 saturated heterocycles. The Balaban J connectivity index is 1.32. The van der Waals surface area contributed by atoms with Crippen LogP contribution in [0.1, 0.15) is 55.6 Å². The van der Waals surface area contributed by atoms with E-state index in [1.54, 1.807) is 0 Å². The lowest BCUT2D eigenvalue weighted by Crippen LogP contribution is -2.16. The summed E-state index contributed by atoms with van der Waals surface area (Å²) in [5, 5.41) is 0. The third kappa shape index (κ3) is 3.13. The highest BCUT2D eigenvalue weighted by molar-refractivity contribution is 5.87. The minimum atomic E-state index is -0.0683. The van der Waals surface area contributed by atoms with Crippen LogP contribution in [0.2, 0.25) is 0 Å². The molecule has 0 amide bonds. The van der Waals surface area contributed by atoms with Crippen LogP contribution in [0.4, 0.5) is 0 Å². The molecule has 180 valence electrons. The van der Waals surface area contributed by atoms with Gasteiger partial charge < -0.3 is 0 Å². The van der Waals surface area contributed by atoms with E-state index in [4.69, 9.17) is 4.98 Å². The lowest BCUT2D eigenvalue weighted by Gasteiger charge is -2.23. The third-order valence-electron chi connectivity index (χ3n) is 8.78. The molecule has 1 nitrogen and oxygen atoms in total. The maximum absolute atomic E-state index is 4.75. The molecule has 0 spiro atoms. The topological polar surface area (TPSA) is 12.9 Å². The second kappa shape index (κ2) is 7.52. The number of fused-ring (bicyclic) bond motifs is 6. The van der Waals surface area contributed by atoms with Crippen LogP contribution < -0.4 is 0 Å². The molecule has 1 heteroatoms. The Labute approximate surface area is 219 Å². The van der Waals surface area contributed by atoms with E-state index >= 15 is 0 Å². The van der Waals surface area contributed by atoms with Gasteiger partial charge in [-0.3, -0.25) is 4.98 Å². The number of aromatic nitrogens is 1. The lowest BCUT2D eigenvalue weighted by atomic mass is 9.80. The smallest absolute Gasteiger partial charge is 0.0582 e. The normalized spacial score (nSPS) is 15.6. The van der Waals surface area contributed by atoms with Crippen molar-refractivity contribution in [3.63, 3.8) is 0 Å². The molecule has 0 bridgehead atoms. The van der Waals surface area contributed by atoms with Gasteiger partial charge >= 0.3 is 0 Å². The van der Waals surface area contributed by atoms with E-state index in [0.29, 0.717) is 0 Å². The fourth-order valence-corrected chi connectivity index (χ4v) is 6.58. The van der Waals surface area contributed by atoms with Gasteiger partial charge in [0, 0.05) is 22.6 Å². The molecule has 1 heterocycles. The van der Waals surface area contributed by atoms with Gasteiger partial charge in [-0.25, -0.2) is 0 Å². The standard InChI is InChI=1S/C36H31N/c1-22-8-10-23(11-9-22)25-12-15-27-28-16-13-26(21-33(28)35(2,3)32(27)20-25)24-14-17-31-30(19-24)29-7-6-18-37-34(29)36(31,4)5/h6-21H,1-5H3. The molecule has 37 heavy (non-hydrogen) atoms. The first-order valence-corrected chi connectivity index (χ1v) is 13.2. The van der Waals surface area contributed by atoms with Gasteiger partial charge in [0.2, 0.25) is 0 Å². The SMILES string of the molecule is Cc1ccc(-c2ccc3c(c2)C(C)(C)c2cc(-c4ccc5c(c4)-c4cccnc4C5(C)C)ccc2-3)cc1. The zero-order valence-corrected chi connectivity index (χ0v) is 22.2. The van der Waals surface area contributed by atoms with Crippen molar-refractivity contribution in [2.45, 2.75) is 45.4 Å². The number of rotatable bonds is 2. The zero-order chi connectivity index (χ0) is 25.5. The van der Waals surface area contributed by atoms with Gasteiger partial charge in [-0.2, -0.15) is 0 Å². The lowest BCUT2D eigenvalue weighted by molar-refractivity contribution is 0.637. The predicted molar refractivity (Wildman–Crippen MR) is 155 cm³/mol. The molecule has 0 atom stereocenters. The maximum atomic E-state index is 4.75. The molecule has 2 aliphatic rings. The van der Waals surface area contributed by atoms with Crippen LogP contribution in [0.25, 0.3) is 44.5 Å². The molecule has 0 unspecified atom stereocenters. The van der Waals surface area contributed by atoms with Crippen LogP contribution in [0, 0.1) is 6.92 Å². The van der Waals surface area contributed by atoms with Crippen LogP contribution in [0.5, 0.6) is 0 Å². The summed E-state index contributed by atoms with van der Waals surface area (Å²) in [7, 11) is 0. The average Bonchev–Trinajstić information content (AvgIpc) is 3.28. The van der Waals surface area contributed by atoms with Gasteiger partial charge in [0.25, 0.3) is 0 Å². The van der Waals surface area contributed by atoms with Crippen molar-refractivity contribution in [3.8, 4) is 44.5 Å². The number of aryl methyl sites for hydroxylation is 1. The zero-order valence-electron chi connectivity index (χ0n) is 22.2. The number of pyridine rings is 1. The van der Waals surface area contributed by atoms with E-state index in [2.05, 4.69) is 126 Å². The number of hydrogen-bond donors (Lipinski definition) is 0. The highest BCUT2D eigenvalue weighted by Gasteiger charge is 2.38. The average molecular weight is 478 g/mol. The molecule has 0 N–H and O–H groups in total. The second-order valence-electron chi connectivity index (χ2n) is 11.8. The second-order valence-corrected chi connectivity index (χ2v) is 11.8. The summed E-state index contributed by atoms with van der Waals surface area (Å²) < 4.78 is 0. The van der Waals surface area contributed by atoms with Crippen molar-refractivity contribution in [3.05, 3.63) is 125 Å². The van der Waals surface area contributed by atoms with Crippen LogP contribution in [0.15, 0.2) is 97.2 Å². The summed E-state index contributed by atoms with van der Waals surface area (Å²) >= 11 is 0. The molecule has 1 aromatic heterocycles. The Hall–Kier alpha value is -3.97. The van der Waals surface area contributed by atoms with Crippen molar-refractivity contribution in [1.29, 1.82) is 0 Å². The molecule has 2 aliphatic carbocycles. The highest BCUT2D eigenvalue weighted by atomic mass is 14.7. The van der Waals surface area contributed by atoms with Crippen molar-refractivity contribution in [2.75, 3.05) is 0 Å². The number of benzene rings is 4. The van der Waals surface area contributed by atoms with Crippen molar-refractivity contribution in [2.24, 2.45) is 0 Å². The molecular formula is C36H31N. The van der Waals surface area contributed by atoms with Crippen LogP contribution in [-0.4, -0.2) is 4.98 Å². The summed E-state index contributed by atoms with van der Waals surface area (Å²) in [6, 6.07) is 34.1. The fourth-order valence-electron chi connectivity index (χ4n) is 6.58. The Morgan fingerprint density at radius 1 is 0.486 bits per heavy atom. The van der Waals surface area contributed by atoms with Gasteiger partial charge in [-0.05, 0) is 86.8 Å². The van der Waals surface area contributed by atoms with Crippen molar-refractivity contribution >= 4 is 0 Å². The van der Waals surface area contributed by atoms with Gasteiger partial charge in [0.05, 0.1) is 5.69 Å². The van der Waals surface area contributed by atoms with Gasteiger partial charge in [-0.15, -0.1) is 0 Å². The first kappa shape index (κ1) is 22.2. The van der Waals surface area contributed by atoms with Crippen LogP contribution in [0.3, 0.4) is 0 Å². The van der Waals surface area contributed by atoms with E-state index in [9.17, 15) is 0 Å². The highest BCUT2D eigenvalue weighted by Crippen LogP contribution is 2.52. The van der Waals surface area contributed by atoms with Gasteiger partial charge in [-0.1, -0.05) is 100.0 Å². The molecule has 4 aromatic carbocycles. The maximum Gasteiger partial charge on any atom is 0.0582 e. The van der Waals surface area contributed by atoms with Gasteiger partial charge in [0.1, 0.15) is 0 Å². The van der Waals surface area contributed by atoms with E-state index in [0.717, 1.165) is 0 Å². The van der Waals surface area contributed by atoms with Crippen molar-refractivity contribution in [1.82, 2.24) is 4.98 Å². The Morgan fingerprint density at radius 3 is 1.73 bits per heavy atom. The predicted octanol–water partition coefficient (Wildman–Crippen LogP) is 9.34. The number of nitrogens with zero attached hydrogens (tertiary/aromatic N) is 1. The Kier molecular flexibility index (Phi) is 4.52. The summed E-state index contributed by atoms with van der Waals surface area (Å²) in [4.78, 5) is 4.75. The first-order valence-electron chi connectivity index (χ1n) is 13.2. The largest absolute Gasteiger partial charge is 0.260 e. The van der Waals surface area contributed by atoms with Crippen LogP contribution >= 0.6 is 0 Å². The third-order valence-corrected chi connectivity index (χ3v) is 8.78. The molecule has 0 radical (unpaired) electrons. The molecule has 7 rings (SSSR count).